The lowest BCUT2D eigenvalue weighted by molar-refractivity contribution is -0.122. The molecule has 0 heterocycles. The summed E-state index contributed by atoms with van der Waals surface area (Å²) in [5.74, 6) is -0.246. The molecule has 1 saturated carbocycles. The van der Waals surface area contributed by atoms with E-state index in [9.17, 15) is 13.2 Å². The minimum absolute atomic E-state index is 0.150. The Bertz CT molecular complexity index is 906. The highest BCUT2D eigenvalue weighted by Gasteiger charge is 2.24. The Balaban J connectivity index is 1.74. The molecule has 2 aromatic carbocycles. The molecule has 0 unspecified atom stereocenters. The van der Waals surface area contributed by atoms with Crippen LogP contribution < -0.4 is 5.32 Å². The number of nitrogens with zero attached hydrogens (tertiary/aromatic N) is 1. The molecule has 1 N–H and O–H groups in total. The Labute approximate surface area is 173 Å². The summed E-state index contributed by atoms with van der Waals surface area (Å²) in [4.78, 5) is 12.6. The maximum atomic E-state index is 13.0. The van der Waals surface area contributed by atoms with E-state index in [1.165, 1.54) is 16.1 Å². The largest absolute Gasteiger partial charge is 0.352 e. The predicted molar refractivity (Wildman–Crippen MR) is 116 cm³/mol. The van der Waals surface area contributed by atoms with Crippen molar-refractivity contribution in [1.29, 1.82) is 0 Å². The third kappa shape index (κ3) is 6.84. The Hall–Kier alpha value is -2.44. The molecule has 0 aliphatic heterocycles. The third-order valence-electron chi connectivity index (χ3n) is 5.08. The minimum Gasteiger partial charge on any atom is -0.352 e. The molecule has 29 heavy (non-hydrogen) atoms. The molecule has 2 aromatic rings. The van der Waals surface area contributed by atoms with Crippen LogP contribution in [0.4, 0.5) is 0 Å². The molecule has 0 saturated heterocycles. The summed E-state index contributed by atoms with van der Waals surface area (Å²) in [6.45, 7) is -0.0345. The molecule has 5 nitrogen and oxygen atoms in total. The molecule has 0 spiro atoms. The molecular weight excluding hydrogens is 384 g/mol. The fraction of sp³-hybridized carbons (Fsp3) is 0.348. The number of hydrogen-bond donors (Lipinski definition) is 1. The van der Waals surface area contributed by atoms with E-state index in [-0.39, 0.29) is 25.0 Å². The van der Waals surface area contributed by atoms with E-state index in [4.69, 9.17) is 0 Å². The van der Waals surface area contributed by atoms with Gasteiger partial charge >= 0.3 is 0 Å². The van der Waals surface area contributed by atoms with Gasteiger partial charge in [0.25, 0.3) is 0 Å². The van der Waals surface area contributed by atoms with Crippen molar-refractivity contribution in [2.75, 3.05) is 6.54 Å². The Morgan fingerprint density at radius 2 is 1.59 bits per heavy atom. The lowest BCUT2D eigenvalue weighted by Gasteiger charge is -2.25. The van der Waals surface area contributed by atoms with Crippen LogP contribution in [0.1, 0.15) is 43.2 Å². The molecule has 6 heteroatoms. The molecule has 0 bridgehead atoms. The lowest BCUT2D eigenvalue weighted by Crippen LogP contribution is -2.44. The third-order valence-corrected chi connectivity index (χ3v) is 6.54. The maximum Gasteiger partial charge on any atom is 0.237 e. The average molecular weight is 413 g/mol. The van der Waals surface area contributed by atoms with Gasteiger partial charge in [0.1, 0.15) is 0 Å². The predicted octanol–water partition coefficient (Wildman–Crippen LogP) is 3.94. The monoisotopic (exact) mass is 412 g/mol. The minimum atomic E-state index is -3.76. The van der Waals surface area contributed by atoms with Gasteiger partial charge in [-0.05, 0) is 30.0 Å². The Kier molecular flexibility index (Phi) is 7.61. The molecule has 0 atom stereocenters. The number of carbonyl (C=O) groups excluding carboxylic acids is 1. The van der Waals surface area contributed by atoms with E-state index in [1.807, 2.05) is 60.7 Å². The number of sulfonamides is 1. The number of hydrogen-bond acceptors (Lipinski definition) is 3. The second-order valence-corrected chi connectivity index (χ2v) is 9.23. The average Bonchev–Trinajstić information content (AvgIpc) is 2.74. The van der Waals surface area contributed by atoms with Crippen molar-refractivity contribution in [1.82, 2.24) is 9.62 Å². The zero-order chi connectivity index (χ0) is 20.5. The smallest absolute Gasteiger partial charge is 0.237 e. The Morgan fingerprint density at radius 1 is 0.966 bits per heavy atom. The van der Waals surface area contributed by atoms with Crippen LogP contribution in [0.2, 0.25) is 0 Å². The van der Waals surface area contributed by atoms with Crippen molar-refractivity contribution in [3.8, 4) is 0 Å². The standard InChI is InChI=1S/C23H28N2O3S/c26-23(24-22-14-8-3-9-15-22)19-25(18-21-12-6-2-7-13-21)29(27,28)17-16-20-10-4-1-5-11-20/h1-2,4-7,10-13,16-17,22H,3,8-9,14-15,18-19H2,(H,24,26)/b17-16+. The number of rotatable bonds is 8. The van der Waals surface area contributed by atoms with Gasteiger partial charge in [-0.2, -0.15) is 4.31 Å². The van der Waals surface area contributed by atoms with Gasteiger partial charge in [0, 0.05) is 18.0 Å². The van der Waals surface area contributed by atoms with Crippen LogP contribution in [0.3, 0.4) is 0 Å². The van der Waals surface area contributed by atoms with Crippen LogP contribution in [0, 0.1) is 0 Å². The summed E-state index contributed by atoms with van der Waals surface area (Å²) < 4.78 is 27.2. The van der Waals surface area contributed by atoms with Gasteiger partial charge in [-0.3, -0.25) is 4.79 Å². The second-order valence-electron chi connectivity index (χ2n) is 7.41. The highest BCUT2D eigenvalue weighted by Crippen LogP contribution is 2.18. The number of carbonyl (C=O) groups is 1. The summed E-state index contributed by atoms with van der Waals surface area (Å²) in [5.41, 5.74) is 1.64. The van der Waals surface area contributed by atoms with Gasteiger partial charge in [0.15, 0.2) is 0 Å². The van der Waals surface area contributed by atoms with E-state index in [1.54, 1.807) is 6.08 Å². The Morgan fingerprint density at radius 3 is 2.24 bits per heavy atom. The first-order chi connectivity index (χ1) is 14.0. The molecule has 1 amide bonds. The van der Waals surface area contributed by atoms with Crippen molar-refractivity contribution >= 4 is 22.0 Å². The quantitative estimate of drug-likeness (QED) is 0.714. The van der Waals surface area contributed by atoms with Crippen LogP contribution in [-0.4, -0.2) is 31.2 Å². The second kappa shape index (κ2) is 10.4. The van der Waals surface area contributed by atoms with Crippen LogP contribution in [0.25, 0.3) is 6.08 Å². The van der Waals surface area contributed by atoms with Crippen molar-refractivity contribution < 1.29 is 13.2 Å². The SMILES string of the molecule is O=C(CN(Cc1ccccc1)S(=O)(=O)/C=C/c1ccccc1)NC1CCCCC1. The molecule has 154 valence electrons. The van der Waals surface area contributed by atoms with E-state index < -0.39 is 10.0 Å². The van der Waals surface area contributed by atoms with Gasteiger partial charge < -0.3 is 5.32 Å². The zero-order valence-electron chi connectivity index (χ0n) is 16.5. The van der Waals surface area contributed by atoms with Crippen LogP contribution in [0.5, 0.6) is 0 Å². The molecule has 3 rings (SSSR count). The zero-order valence-corrected chi connectivity index (χ0v) is 17.4. The van der Waals surface area contributed by atoms with E-state index in [0.717, 1.165) is 36.8 Å². The topological polar surface area (TPSA) is 66.5 Å². The lowest BCUT2D eigenvalue weighted by atomic mass is 9.95. The number of nitrogens with one attached hydrogen (secondary N) is 1. The first kappa shape index (κ1) is 21.3. The van der Waals surface area contributed by atoms with Gasteiger partial charge in [0.2, 0.25) is 15.9 Å². The number of benzene rings is 2. The molecule has 1 aliphatic carbocycles. The van der Waals surface area contributed by atoms with Gasteiger partial charge in [-0.25, -0.2) is 8.42 Å². The summed E-state index contributed by atoms with van der Waals surface area (Å²) in [6.07, 6.45) is 6.90. The van der Waals surface area contributed by atoms with Gasteiger partial charge in [0.05, 0.1) is 6.54 Å². The fourth-order valence-corrected chi connectivity index (χ4v) is 4.65. The van der Waals surface area contributed by atoms with Crippen molar-refractivity contribution in [2.45, 2.75) is 44.7 Å². The summed E-state index contributed by atoms with van der Waals surface area (Å²) in [6, 6.07) is 18.7. The summed E-state index contributed by atoms with van der Waals surface area (Å²) in [5, 5.41) is 4.19. The summed E-state index contributed by atoms with van der Waals surface area (Å²) >= 11 is 0. The van der Waals surface area contributed by atoms with Crippen molar-refractivity contribution in [3.05, 3.63) is 77.2 Å². The van der Waals surface area contributed by atoms with Crippen LogP contribution in [0.15, 0.2) is 66.1 Å². The first-order valence-electron chi connectivity index (χ1n) is 10.1. The van der Waals surface area contributed by atoms with Crippen LogP contribution >= 0.6 is 0 Å². The van der Waals surface area contributed by atoms with E-state index in [0.29, 0.717) is 0 Å². The van der Waals surface area contributed by atoms with Crippen LogP contribution in [-0.2, 0) is 21.4 Å². The molecular formula is C23H28N2O3S. The highest BCUT2D eigenvalue weighted by molar-refractivity contribution is 7.92. The first-order valence-corrected chi connectivity index (χ1v) is 11.6. The van der Waals surface area contributed by atoms with Crippen molar-refractivity contribution in [3.63, 3.8) is 0 Å². The molecule has 0 radical (unpaired) electrons. The fourth-order valence-electron chi connectivity index (χ4n) is 3.52. The normalized spacial score (nSPS) is 15.6. The molecule has 0 aromatic heterocycles. The number of amides is 1. The molecule has 1 aliphatic rings. The van der Waals surface area contributed by atoms with Gasteiger partial charge in [-0.1, -0.05) is 79.9 Å². The van der Waals surface area contributed by atoms with E-state index >= 15 is 0 Å². The van der Waals surface area contributed by atoms with Gasteiger partial charge in [-0.15, -0.1) is 0 Å². The maximum absolute atomic E-state index is 13.0. The molecule has 1 fully saturated rings. The van der Waals surface area contributed by atoms with Crippen molar-refractivity contribution in [2.24, 2.45) is 0 Å². The highest BCUT2D eigenvalue weighted by atomic mass is 32.2. The van der Waals surface area contributed by atoms with E-state index in [2.05, 4.69) is 5.32 Å². The summed E-state index contributed by atoms with van der Waals surface area (Å²) in [7, 11) is -3.76.